The highest BCUT2D eigenvalue weighted by Gasteiger charge is 2.16. The molecule has 1 aliphatic carbocycles. The molecule has 0 radical (unpaired) electrons. The predicted octanol–water partition coefficient (Wildman–Crippen LogP) is 2.57. The van der Waals surface area contributed by atoms with Crippen molar-refractivity contribution >= 4 is 11.6 Å². The van der Waals surface area contributed by atoms with Crippen LogP contribution in [-0.4, -0.2) is 25.5 Å². The van der Waals surface area contributed by atoms with Crippen molar-refractivity contribution < 1.29 is 4.79 Å². The topological polar surface area (TPSA) is 32.3 Å². The van der Waals surface area contributed by atoms with Crippen LogP contribution in [0.1, 0.15) is 32.1 Å². The minimum atomic E-state index is 0.131. The molecule has 3 nitrogen and oxygen atoms in total. The minimum Gasteiger partial charge on any atom is -0.314 e. The number of rotatable bonds is 4. The summed E-state index contributed by atoms with van der Waals surface area (Å²) < 4.78 is 0. The summed E-state index contributed by atoms with van der Waals surface area (Å²) in [4.78, 5) is 13.8. The standard InChI is InChI=1S/C15H22N2O/c1-17(14-10-6-3-7-11-14)15(18)12-16-13-8-4-2-5-9-13/h3,6-7,10-11,13,16H,2,4-5,8-9,12H2,1H3. The molecular weight excluding hydrogens is 224 g/mol. The molecule has 3 heteroatoms. The lowest BCUT2D eigenvalue weighted by molar-refractivity contribution is -0.117. The predicted molar refractivity (Wildman–Crippen MR) is 74.7 cm³/mol. The van der Waals surface area contributed by atoms with Gasteiger partial charge in [-0.15, -0.1) is 0 Å². The van der Waals surface area contributed by atoms with Crippen molar-refractivity contribution in [3.8, 4) is 0 Å². The molecule has 0 unspecified atom stereocenters. The molecule has 0 saturated heterocycles. The summed E-state index contributed by atoms with van der Waals surface area (Å²) in [5.41, 5.74) is 0.952. The number of carbonyl (C=O) groups is 1. The average molecular weight is 246 g/mol. The van der Waals surface area contributed by atoms with Crippen LogP contribution in [0.25, 0.3) is 0 Å². The van der Waals surface area contributed by atoms with Crippen molar-refractivity contribution in [3.05, 3.63) is 30.3 Å². The normalized spacial score (nSPS) is 16.5. The van der Waals surface area contributed by atoms with Gasteiger partial charge in [0, 0.05) is 18.8 Å². The Hall–Kier alpha value is -1.35. The fourth-order valence-corrected chi connectivity index (χ4v) is 2.45. The number of carbonyl (C=O) groups excluding carboxylic acids is 1. The first kappa shape index (κ1) is 13.1. The summed E-state index contributed by atoms with van der Waals surface area (Å²) in [5, 5.41) is 3.38. The molecule has 0 spiro atoms. The second kappa shape index (κ2) is 6.55. The zero-order chi connectivity index (χ0) is 12.8. The van der Waals surface area contributed by atoms with Crippen LogP contribution in [0.4, 0.5) is 5.69 Å². The first-order valence-corrected chi connectivity index (χ1v) is 6.82. The summed E-state index contributed by atoms with van der Waals surface area (Å²) in [7, 11) is 1.83. The van der Waals surface area contributed by atoms with E-state index >= 15 is 0 Å². The molecule has 1 aliphatic rings. The molecule has 1 N–H and O–H groups in total. The van der Waals surface area contributed by atoms with E-state index in [4.69, 9.17) is 0 Å². The van der Waals surface area contributed by atoms with E-state index in [1.54, 1.807) is 4.90 Å². The third-order valence-electron chi connectivity index (χ3n) is 3.66. The number of para-hydroxylation sites is 1. The molecule has 0 heterocycles. The van der Waals surface area contributed by atoms with Gasteiger partial charge in [0.1, 0.15) is 0 Å². The molecule has 1 aromatic carbocycles. The molecule has 0 aromatic heterocycles. The summed E-state index contributed by atoms with van der Waals surface area (Å²) in [6, 6.07) is 10.3. The average Bonchev–Trinajstić information content (AvgIpc) is 2.46. The Morgan fingerprint density at radius 2 is 1.89 bits per heavy atom. The number of nitrogens with one attached hydrogen (secondary N) is 1. The van der Waals surface area contributed by atoms with Crippen LogP contribution in [0.3, 0.4) is 0 Å². The Kier molecular flexibility index (Phi) is 4.76. The van der Waals surface area contributed by atoms with Crippen LogP contribution in [0.5, 0.6) is 0 Å². The molecule has 1 amide bonds. The largest absolute Gasteiger partial charge is 0.314 e. The van der Waals surface area contributed by atoms with Crippen molar-refractivity contribution in [2.75, 3.05) is 18.5 Å². The maximum atomic E-state index is 12.0. The zero-order valence-electron chi connectivity index (χ0n) is 11.1. The molecule has 98 valence electrons. The Balaban J connectivity index is 1.80. The van der Waals surface area contributed by atoms with Crippen LogP contribution in [0.2, 0.25) is 0 Å². The zero-order valence-corrected chi connectivity index (χ0v) is 11.1. The van der Waals surface area contributed by atoms with E-state index < -0.39 is 0 Å². The van der Waals surface area contributed by atoms with Gasteiger partial charge in [0.15, 0.2) is 0 Å². The quantitative estimate of drug-likeness (QED) is 0.885. The van der Waals surface area contributed by atoms with E-state index in [9.17, 15) is 4.79 Å². The Morgan fingerprint density at radius 1 is 1.22 bits per heavy atom. The molecular formula is C15H22N2O. The highest BCUT2D eigenvalue weighted by molar-refractivity contribution is 5.94. The molecule has 18 heavy (non-hydrogen) atoms. The van der Waals surface area contributed by atoms with Gasteiger partial charge in [0.2, 0.25) is 5.91 Å². The van der Waals surface area contributed by atoms with Gasteiger partial charge in [-0.1, -0.05) is 37.5 Å². The molecule has 0 aliphatic heterocycles. The summed E-state index contributed by atoms with van der Waals surface area (Å²) in [6.45, 7) is 0.441. The lowest BCUT2D eigenvalue weighted by Crippen LogP contribution is -2.40. The van der Waals surface area contributed by atoms with Gasteiger partial charge < -0.3 is 10.2 Å². The van der Waals surface area contributed by atoms with E-state index in [2.05, 4.69) is 5.32 Å². The van der Waals surface area contributed by atoms with E-state index in [-0.39, 0.29) is 5.91 Å². The number of nitrogens with zero attached hydrogens (tertiary/aromatic N) is 1. The first-order chi connectivity index (χ1) is 8.77. The van der Waals surface area contributed by atoms with Gasteiger partial charge in [0.05, 0.1) is 6.54 Å². The van der Waals surface area contributed by atoms with Crippen LogP contribution in [0, 0.1) is 0 Å². The number of likely N-dealkylation sites (N-methyl/N-ethyl adjacent to an activating group) is 1. The smallest absolute Gasteiger partial charge is 0.240 e. The van der Waals surface area contributed by atoms with Gasteiger partial charge >= 0.3 is 0 Å². The lowest BCUT2D eigenvalue weighted by atomic mass is 9.95. The van der Waals surface area contributed by atoms with Gasteiger partial charge in [0.25, 0.3) is 0 Å². The van der Waals surface area contributed by atoms with E-state index in [0.29, 0.717) is 12.6 Å². The lowest BCUT2D eigenvalue weighted by Gasteiger charge is -2.24. The van der Waals surface area contributed by atoms with Crippen molar-refractivity contribution in [1.29, 1.82) is 0 Å². The number of anilines is 1. The third-order valence-corrected chi connectivity index (χ3v) is 3.66. The second-order valence-electron chi connectivity index (χ2n) is 5.00. The van der Waals surface area contributed by atoms with E-state index in [1.807, 2.05) is 37.4 Å². The van der Waals surface area contributed by atoms with E-state index in [0.717, 1.165) is 5.69 Å². The van der Waals surface area contributed by atoms with E-state index in [1.165, 1.54) is 32.1 Å². The van der Waals surface area contributed by atoms with Crippen LogP contribution in [-0.2, 0) is 4.79 Å². The highest BCUT2D eigenvalue weighted by Crippen LogP contribution is 2.17. The summed E-state index contributed by atoms with van der Waals surface area (Å²) in [5.74, 6) is 0.131. The van der Waals surface area contributed by atoms with Gasteiger partial charge in [-0.05, 0) is 25.0 Å². The monoisotopic (exact) mass is 246 g/mol. The number of hydrogen-bond acceptors (Lipinski definition) is 2. The Labute approximate surface area is 109 Å². The highest BCUT2D eigenvalue weighted by atomic mass is 16.2. The molecule has 0 atom stereocenters. The molecule has 1 saturated carbocycles. The summed E-state index contributed by atoms with van der Waals surface area (Å²) >= 11 is 0. The van der Waals surface area contributed by atoms with Crippen LogP contribution in [0.15, 0.2) is 30.3 Å². The van der Waals surface area contributed by atoms with Crippen molar-refractivity contribution in [2.45, 2.75) is 38.1 Å². The van der Waals surface area contributed by atoms with Gasteiger partial charge in [-0.2, -0.15) is 0 Å². The fraction of sp³-hybridized carbons (Fsp3) is 0.533. The SMILES string of the molecule is CN(C(=O)CNC1CCCCC1)c1ccccc1. The number of amides is 1. The van der Waals surface area contributed by atoms with Gasteiger partial charge in [-0.25, -0.2) is 0 Å². The maximum absolute atomic E-state index is 12.0. The number of hydrogen-bond donors (Lipinski definition) is 1. The van der Waals surface area contributed by atoms with Crippen LogP contribution >= 0.6 is 0 Å². The third kappa shape index (κ3) is 3.57. The second-order valence-corrected chi connectivity index (χ2v) is 5.00. The number of benzene rings is 1. The van der Waals surface area contributed by atoms with Crippen molar-refractivity contribution in [2.24, 2.45) is 0 Å². The van der Waals surface area contributed by atoms with Gasteiger partial charge in [-0.3, -0.25) is 4.79 Å². The maximum Gasteiger partial charge on any atom is 0.240 e. The minimum absolute atomic E-state index is 0.131. The molecule has 2 rings (SSSR count). The first-order valence-electron chi connectivity index (χ1n) is 6.82. The molecule has 0 bridgehead atoms. The van der Waals surface area contributed by atoms with Crippen molar-refractivity contribution in [3.63, 3.8) is 0 Å². The Bertz CT molecular complexity index is 371. The Morgan fingerprint density at radius 3 is 2.56 bits per heavy atom. The molecule has 1 aromatic rings. The fourth-order valence-electron chi connectivity index (χ4n) is 2.45. The molecule has 1 fully saturated rings. The van der Waals surface area contributed by atoms with Crippen LogP contribution < -0.4 is 10.2 Å². The van der Waals surface area contributed by atoms with Crippen molar-refractivity contribution in [1.82, 2.24) is 5.32 Å². The summed E-state index contributed by atoms with van der Waals surface area (Å²) in [6.07, 6.45) is 6.35.